The van der Waals surface area contributed by atoms with Crippen LogP contribution in [0.2, 0.25) is 0 Å². The van der Waals surface area contributed by atoms with Crippen molar-refractivity contribution in [2.45, 2.75) is 45.2 Å². The summed E-state index contributed by atoms with van der Waals surface area (Å²) in [6.45, 7) is 3.72. The summed E-state index contributed by atoms with van der Waals surface area (Å²) in [7, 11) is 1.45. The lowest BCUT2D eigenvalue weighted by Crippen LogP contribution is -2.37. The molecule has 4 heteroatoms. The maximum atomic E-state index is 11.7. The number of carbonyl (C=O) groups is 1. The minimum Gasteiger partial charge on any atom is -0.494 e. The maximum Gasteiger partial charge on any atom is 0.319 e. The third kappa shape index (κ3) is 4.46. The molecule has 1 aliphatic carbocycles. The molecule has 0 aromatic heterocycles. The zero-order chi connectivity index (χ0) is 15.1. The Kier molecular flexibility index (Phi) is 6.05. The van der Waals surface area contributed by atoms with Crippen molar-refractivity contribution in [1.29, 1.82) is 0 Å². The van der Waals surface area contributed by atoms with Crippen LogP contribution in [0.3, 0.4) is 0 Å². The van der Waals surface area contributed by atoms with E-state index < -0.39 is 0 Å². The summed E-state index contributed by atoms with van der Waals surface area (Å²) in [5.74, 6) is 0.739. The van der Waals surface area contributed by atoms with Gasteiger partial charge in [0, 0.05) is 18.2 Å². The first-order valence-corrected chi connectivity index (χ1v) is 7.76. The summed E-state index contributed by atoms with van der Waals surface area (Å²) in [4.78, 5) is 13.9. The molecular formula is C17H25NO3. The molecule has 0 N–H and O–H groups in total. The predicted molar refractivity (Wildman–Crippen MR) is 82.3 cm³/mol. The fourth-order valence-electron chi connectivity index (χ4n) is 2.96. The highest BCUT2D eigenvalue weighted by Gasteiger charge is 2.25. The molecule has 0 saturated heterocycles. The van der Waals surface area contributed by atoms with Gasteiger partial charge in [-0.1, -0.05) is 31.0 Å². The molecule has 0 radical (unpaired) electrons. The van der Waals surface area contributed by atoms with Gasteiger partial charge in [0.05, 0.1) is 20.3 Å². The van der Waals surface area contributed by atoms with Gasteiger partial charge in [0.25, 0.3) is 0 Å². The van der Waals surface area contributed by atoms with E-state index in [4.69, 9.17) is 9.47 Å². The van der Waals surface area contributed by atoms with Crippen LogP contribution in [-0.4, -0.2) is 37.2 Å². The van der Waals surface area contributed by atoms with E-state index in [2.05, 4.69) is 11.0 Å². The van der Waals surface area contributed by atoms with Crippen LogP contribution in [0.15, 0.2) is 24.3 Å². The van der Waals surface area contributed by atoms with Crippen molar-refractivity contribution in [3.63, 3.8) is 0 Å². The van der Waals surface area contributed by atoms with Crippen LogP contribution >= 0.6 is 0 Å². The topological polar surface area (TPSA) is 38.8 Å². The Labute approximate surface area is 127 Å². The number of esters is 1. The Bertz CT molecular complexity index is 455. The smallest absolute Gasteiger partial charge is 0.319 e. The van der Waals surface area contributed by atoms with E-state index in [-0.39, 0.29) is 5.97 Å². The molecule has 1 aromatic carbocycles. The number of hydrogen-bond donors (Lipinski definition) is 0. The SMILES string of the molecule is CCOc1ccccc1CN(CC(=O)OC)C1CCCC1. The molecule has 1 saturated carbocycles. The van der Waals surface area contributed by atoms with Crippen LogP contribution in [0.5, 0.6) is 5.75 Å². The number of para-hydroxylation sites is 1. The molecule has 0 aliphatic heterocycles. The molecule has 116 valence electrons. The third-order valence-corrected chi connectivity index (χ3v) is 4.05. The fraction of sp³-hybridized carbons (Fsp3) is 0.588. The van der Waals surface area contributed by atoms with Crippen molar-refractivity contribution in [3.05, 3.63) is 29.8 Å². The molecule has 0 amide bonds. The molecule has 1 fully saturated rings. The van der Waals surface area contributed by atoms with Crippen molar-refractivity contribution in [1.82, 2.24) is 4.90 Å². The van der Waals surface area contributed by atoms with E-state index in [0.717, 1.165) is 30.7 Å². The van der Waals surface area contributed by atoms with Gasteiger partial charge in [-0.15, -0.1) is 0 Å². The highest BCUT2D eigenvalue weighted by Crippen LogP contribution is 2.27. The van der Waals surface area contributed by atoms with Crippen molar-refractivity contribution < 1.29 is 14.3 Å². The molecule has 0 unspecified atom stereocenters. The quantitative estimate of drug-likeness (QED) is 0.724. The van der Waals surface area contributed by atoms with Crippen LogP contribution < -0.4 is 4.74 Å². The van der Waals surface area contributed by atoms with Crippen molar-refractivity contribution in [2.24, 2.45) is 0 Å². The largest absolute Gasteiger partial charge is 0.494 e. The Morgan fingerprint density at radius 2 is 2.00 bits per heavy atom. The zero-order valence-electron chi connectivity index (χ0n) is 13.0. The second-order valence-electron chi connectivity index (χ2n) is 5.46. The monoisotopic (exact) mass is 291 g/mol. The first-order chi connectivity index (χ1) is 10.2. The summed E-state index contributed by atoms with van der Waals surface area (Å²) in [5, 5.41) is 0. The number of benzene rings is 1. The van der Waals surface area contributed by atoms with E-state index >= 15 is 0 Å². The standard InChI is InChI=1S/C17H25NO3/c1-3-21-16-11-7-4-8-14(16)12-18(13-17(19)20-2)15-9-5-6-10-15/h4,7-8,11,15H,3,5-6,9-10,12-13H2,1-2H3. The normalized spacial score (nSPS) is 15.4. The fourth-order valence-corrected chi connectivity index (χ4v) is 2.96. The number of ether oxygens (including phenoxy) is 2. The van der Waals surface area contributed by atoms with Crippen LogP contribution in [0, 0.1) is 0 Å². The van der Waals surface area contributed by atoms with Crippen LogP contribution in [0.4, 0.5) is 0 Å². The van der Waals surface area contributed by atoms with Gasteiger partial charge in [0.2, 0.25) is 0 Å². The molecule has 2 rings (SSSR count). The Morgan fingerprint density at radius 1 is 1.29 bits per heavy atom. The van der Waals surface area contributed by atoms with E-state index in [1.165, 1.54) is 20.0 Å². The van der Waals surface area contributed by atoms with Gasteiger partial charge < -0.3 is 9.47 Å². The molecule has 0 bridgehead atoms. The Balaban J connectivity index is 2.11. The van der Waals surface area contributed by atoms with Crippen LogP contribution in [-0.2, 0) is 16.1 Å². The van der Waals surface area contributed by atoms with Crippen molar-refractivity contribution in [2.75, 3.05) is 20.3 Å². The van der Waals surface area contributed by atoms with Gasteiger partial charge >= 0.3 is 5.97 Å². The zero-order valence-corrected chi connectivity index (χ0v) is 13.0. The van der Waals surface area contributed by atoms with E-state index in [9.17, 15) is 4.79 Å². The van der Waals surface area contributed by atoms with Gasteiger partial charge in [-0.05, 0) is 25.8 Å². The number of rotatable bonds is 7. The summed E-state index contributed by atoms with van der Waals surface area (Å²) >= 11 is 0. The molecular weight excluding hydrogens is 266 g/mol. The summed E-state index contributed by atoms with van der Waals surface area (Å²) in [6.07, 6.45) is 4.81. The minimum absolute atomic E-state index is 0.171. The van der Waals surface area contributed by atoms with Crippen LogP contribution in [0.25, 0.3) is 0 Å². The van der Waals surface area contributed by atoms with Crippen molar-refractivity contribution in [3.8, 4) is 5.75 Å². The highest BCUT2D eigenvalue weighted by molar-refractivity contribution is 5.71. The van der Waals surface area contributed by atoms with Crippen molar-refractivity contribution >= 4 is 5.97 Å². The average molecular weight is 291 g/mol. The summed E-state index contributed by atoms with van der Waals surface area (Å²) in [6, 6.07) is 8.53. The molecule has 1 aliphatic rings. The van der Waals surface area contributed by atoms with Gasteiger partial charge in [0.15, 0.2) is 0 Å². The first kappa shape index (κ1) is 15.8. The first-order valence-electron chi connectivity index (χ1n) is 7.76. The number of hydrogen-bond acceptors (Lipinski definition) is 4. The lowest BCUT2D eigenvalue weighted by atomic mass is 10.1. The number of carbonyl (C=O) groups excluding carboxylic acids is 1. The molecule has 1 aromatic rings. The van der Waals surface area contributed by atoms with Gasteiger partial charge in [-0.25, -0.2) is 0 Å². The Hall–Kier alpha value is -1.55. The maximum absolute atomic E-state index is 11.7. The van der Waals surface area contributed by atoms with Crippen LogP contribution in [0.1, 0.15) is 38.2 Å². The average Bonchev–Trinajstić information content (AvgIpc) is 3.03. The lowest BCUT2D eigenvalue weighted by Gasteiger charge is -2.28. The number of methoxy groups -OCH3 is 1. The molecule has 4 nitrogen and oxygen atoms in total. The van der Waals surface area contributed by atoms with Gasteiger partial charge in [0.1, 0.15) is 5.75 Å². The van der Waals surface area contributed by atoms with E-state index in [1.54, 1.807) is 0 Å². The number of nitrogens with zero attached hydrogens (tertiary/aromatic N) is 1. The predicted octanol–water partition coefficient (Wildman–Crippen LogP) is 3.00. The molecule has 0 atom stereocenters. The second kappa shape index (κ2) is 8.03. The minimum atomic E-state index is -0.171. The Morgan fingerprint density at radius 3 is 2.67 bits per heavy atom. The van der Waals surface area contributed by atoms with Gasteiger partial charge in [-0.3, -0.25) is 9.69 Å². The summed E-state index contributed by atoms with van der Waals surface area (Å²) in [5.41, 5.74) is 1.13. The van der Waals surface area contributed by atoms with Gasteiger partial charge in [-0.2, -0.15) is 0 Å². The molecule has 0 heterocycles. The van der Waals surface area contributed by atoms with E-state index in [1.807, 2.05) is 25.1 Å². The molecule has 21 heavy (non-hydrogen) atoms. The highest BCUT2D eigenvalue weighted by atomic mass is 16.5. The lowest BCUT2D eigenvalue weighted by molar-refractivity contribution is -0.142. The van der Waals surface area contributed by atoms with E-state index in [0.29, 0.717) is 19.2 Å². The summed E-state index contributed by atoms with van der Waals surface area (Å²) < 4.78 is 10.5. The second-order valence-corrected chi connectivity index (χ2v) is 5.46. The molecule has 0 spiro atoms. The third-order valence-electron chi connectivity index (χ3n) is 4.05.